The van der Waals surface area contributed by atoms with Gasteiger partial charge in [0.05, 0.1) is 13.3 Å². The van der Waals surface area contributed by atoms with Crippen molar-refractivity contribution in [2.75, 3.05) is 18.2 Å². The van der Waals surface area contributed by atoms with Gasteiger partial charge in [0.2, 0.25) is 0 Å². The molecule has 0 bridgehead atoms. The largest absolute Gasteiger partial charge is 0.496 e. The fourth-order valence-electron chi connectivity index (χ4n) is 2.15. The molecule has 8 heteroatoms. The SMILES string of the molecule is COc1cc(Cl)ccc1-c1ncc(Nc2cc(C)[nH]n2)nc1N. The first kappa shape index (κ1) is 15.1. The lowest BCUT2D eigenvalue weighted by atomic mass is 10.1. The smallest absolute Gasteiger partial charge is 0.153 e. The van der Waals surface area contributed by atoms with E-state index in [1.54, 1.807) is 31.5 Å². The van der Waals surface area contributed by atoms with Crippen LogP contribution in [-0.4, -0.2) is 27.3 Å². The quantitative estimate of drug-likeness (QED) is 0.679. The number of nitrogen functional groups attached to an aromatic ring is 1. The molecule has 2 aromatic heterocycles. The summed E-state index contributed by atoms with van der Waals surface area (Å²) in [6, 6.07) is 7.11. The van der Waals surface area contributed by atoms with Crippen molar-refractivity contribution in [1.82, 2.24) is 20.2 Å². The predicted molar refractivity (Wildman–Crippen MR) is 90.0 cm³/mol. The van der Waals surface area contributed by atoms with Gasteiger partial charge in [0, 0.05) is 22.3 Å². The minimum atomic E-state index is 0.280. The second kappa shape index (κ2) is 6.13. The molecule has 4 N–H and O–H groups in total. The molecule has 23 heavy (non-hydrogen) atoms. The monoisotopic (exact) mass is 330 g/mol. The number of benzene rings is 1. The van der Waals surface area contributed by atoms with Gasteiger partial charge in [0.25, 0.3) is 0 Å². The molecule has 3 rings (SSSR count). The molecule has 0 aliphatic heterocycles. The van der Waals surface area contributed by atoms with Gasteiger partial charge in [0.15, 0.2) is 17.5 Å². The number of hydrogen-bond acceptors (Lipinski definition) is 6. The van der Waals surface area contributed by atoms with Crippen LogP contribution in [0, 0.1) is 6.92 Å². The van der Waals surface area contributed by atoms with Crippen molar-refractivity contribution >= 4 is 29.1 Å². The third-order valence-corrected chi connectivity index (χ3v) is 3.42. The molecule has 0 aliphatic carbocycles. The Kier molecular flexibility index (Phi) is 4.03. The second-order valence-electron chi connectivity index (χ2n) is 4.89. The summed E-state index contributed by atoms with van der Waals surface area (Å²) in [5.41, 5.74) is 8.24. The minimum Gasteiger partial charge on any atom is -0.496 e. The highest BCUT2D eigenvalue weighted by molar-refractivity contribution is 6.30. The number of halogens is 1. The minimum absolute atomic E-state index is 0.280. The Hall–Kier alpha value is -2.80. The summed E-state index contributed by atoms with van der Waals surface area (Å²) in [7, 11) is 1.56. The molecule has 118 valence electrons. The van der Waals surface area contributed by atoms with Gasteiger partial charge in [-0.1, -0.05) is 11.6 Å². The third kappa shape index (κ3) is 3.19. The normalized spacial score (nSPS) is 10.6. The first-order chi connectivity index (χ1) is 11.1. The van der Waals surface area contributed by atoms with Gasteiger partial charge >= 0.3 is 0 Å². The van der Waals surface area contributed by atoms with Gasteiger partial charge in [-0.2, -0.15) is 5.10 Å². The Morgan fingerprint density at radius 1 is 1.26 bits per heavy atom. The number of ether oxygens (including phenoxy) is 1. The number of nitrogens with two attached hydrogens (primary N) is 1. The van der Waals surface area contributed by atoms with Gasteiger partial charge in [-0.3, -0.25) is 5.10 Å². The number of hydrogen-bond donors (Lipinski definition) is 3. The van der Waals surface area contributed by atoms with E-state index < -0.39 is 0 Å². The maximum Gasteiger partial charge on any atom is 0.153 e. The Labute approximate surface area is 137 Å². The van der Waals surface area contributed by atoms with Crippen molar-refractivity contribution in [3.05, 3.63) is 41.2 Å². The summed E-state index contributed by atoms with van der Waals surface area (Å²) in [5.74, 6) is 2.02. The molecule has 0 radical (unpaired) electrons. The number of nitrogens with zero attached hydrogens (tertiary/aromatic N) is 3. The zero-order chi connectivity index (χ0) is 16.4. The van der Waals surface area contributed by atoms with E-state index in [1.165, 1.54) is 0 Å². The van der Waals surface area contributed by atoms with E-state index >= 15 is 0 Å². The van der Waals surface area contributed by atoms with Crippen LogP contribution < -0.4 is 15.8 Å². The van der Waals surface area contributed by atoms with Crippen molar-refractivity contribution in [1.29, 1.82) is 0 Å². The van der Waals surface area contributed by atoms with Gasteiger partial charge in [0.1, 0.15) is 11.4 Å². The molecule has 0 saturated carbocycles. The first-order valence-corrected chi connectivity index (χ1v) is 7.20. The van der Waals surface area contributed by atoms with Crippen LogP contribution in [0.1, 0.15) is 5.69 Å². The molecule has 7 nitrogen and oxygen atoms in total. The van der Waals surface area contributed by atoms with Gasteiger partial charge in [-0.05, 0) is 25.1 Å². The molecule has 1 aromatic carbocycles. The number of aromatic nitrogens is 4. The molecule has 0 unspecified atom stereocenters. The van der Waals surface area contributed by atoms with E-state index in [-0.39, 0.29) is 5.82 Å². The molecule has 0 atom stereocenters. The van der Waals surface area contributed by atoms with E-state index in [0.29, 0.717) is 28.1 Å². The third-order valence-electron chi connectivity index (χ3n) is 3.18. The number of methoxy groups -OCH3 is 1. The van der Waals surface area contributed by atoms with Crippen LogP contribution in [0.2, 0.25) is 5.02 Å². The van der Waals surface area contributed by atoms with E-state index in [0.717, 1.165) is 11.3 Å². The van der Waals surface area contributed by atoms with Crippen LogP contribution >= 0.6 is 11.6 Å². The molecule has 0 amide bonds. The lowest BCUT2D eigenvalue weighted by Crippen LogP contribution is -2.02. The topological polar surface area (TPSA) is 102 Å². The van der Waals surface area contributed by atoms with E-state index in [2.05, 4.69) is 25.5 Å². The zero-order valence-corrected chi connectivity index (χ0v) is 13.3. The van der Waals surface area contributed by atoms with Gasteiger partial charge in [-0.15, -0.1) is 0 Å². The molecule has 0 fully saturated rings. The Balaban J connectivity index is 1.93. The van der Waals surface area contributed by atoms with Crippen LogP contribution in [-0.2, 0) is 0 Å². The van der Waals surface area contributed by atoms with E-state index in [4.69, 9.17) is 22.1 Å². The van der Waals surface area contributed by atoms with Crippen LogP contribution in [0.5, 0.6) is 5.75 Å². The van der Waals surface area contributed by atoms with E-state index in [1.807, 2.05) is 13.0 Å². The Morgan fingerprint density at radius 2 is 2.09 bits per heavy atom. The number of aryl methyl sites for hydroxylation is 1. The van der Waals surface area contributed by atoms with Crippen LogP contribution in [0.3, 0.4) is 0 Å². The number of H-pyrrole nitrogens is 1. The maximum atomic E-state index is 6.04. The lowest BCUT2D eigenvalue weighted by molar-refractivity contribution is 0.416. The fraction of sp³-hybridized carbons (Fsp3) is 0.133. The number of nitrogens with one attached hydrogen (secondary N) is 2. The second-order valence-corrected chi connectivity index (χ2v) is 5.33. The zero-order valence-electron chi connectivity index (χ0n) is 12.6. The van der Waals surface area contributed by atoms with Crippen LogP contribution in [0.25, 0.3) is 11.3 Å². The summed E-state index contributed by atoms with van der Waals surface area (Å²) in [5, 5.41) is 10.5. The molecule has 0 spiro atoms. The summed E-state index contributed by atoms with van der Waals surface area (Å²) in [6.07, 6.45) is 1.59. The highest BCUT2D eigenvalue weighted by Gasteiger charge is 2.13. The number of aromatic amines is 1. The summed E-state index contributed by atoms with van der Waals surface area (Å²) in [4.78, 5) is 8.69. The van der Waals surface area contributed by atoms with Gasteiger partial charge < -0.3 is 15.8 Å². The highest BCUT2D eigenvalue weighted by Crippen LogP contribution is 2.34. The molecule has 2 heterocycles. The Morgan fingerprint density at radius 3 is 2.74 bits per heavy atom. The number of anilines is 3. The lowest BCUT2D eigenvalue weighted by Gasteiger charge is -2.11. The maximum absolute atomic E-state index is 6.04. The summed E-state index contributed by atoms with van der Waals surface area (Å²) >= 11 is 5.97. The summed E-state index contributed by atoms with van der Waals surface area (Å²) < 4.78 is 5.33. The molecule has 0 saturated heterocycles. The average Bonchev–Trinajstić information content (AvgIpc) is 2.93. The Bertz CT molecular complexity index is 848. The molecular weight excluding hydrogens is 316 g/mol. The van der Waals surface area contributed by atoms with Crippen molar-refractivity contribution in [2.24, 2.45) is 0 Å². The van der Waals surface area contributed by atoms with Crippen molar-refractivity contribution in [2.45, 2.75) is 6.92 Å². The van der Waals surface area contributed by atoms with Crippen molar-refractivity contribution < 1.29 is 4.74 Å². The van der Waals surface area contributed by atoms with E-state index in [9.17, 15) is 0 Å². The van der Waals surface area contributed by atoms with Gasteiger partial charge in [-0.25, -0.2) is 9.97 Å². The molecule has 3 aromatic rings. The molecule has 0 aliphatic rings. The van der Waals surface area contributed by atoms with Crippen molar-refractivity contribution in [3.8, 4) is 17.0 Å². The predicted octanol–water partition coefficient (Wildman–Crippen LogP) is 3.16. The van der Waals surface area contributed by atoms with Crippen molar-refractivity contribution in [3.63, 3.8) is 0 Å². The standard InChI is InChI=1S/C15H15ClN6O/c1-8-5-12(22-21-8)19-13-7-18-14(15(17)20-13)10-4-3-9(16)6-11(10)23-2/h3-7H,1-2H3,(H4,17,19,20,21,22). The summed E-state index contributed by atoms with van der Waals surface area (Å²) in [6.45, 7) is 1.91. The fourth-order valence-corrected chi connectivity index (χ4v) is 2.31. The highest BCUT2D eigenvalue weighted by atomic mass is 35.5. The average molecular weight is 331 g/mol. The first-order valence-electron chi connectivity index (χ1n) is 6.82. The molecular formula is C15H15ClN6O. The van der Waals surface area contributed by atoms with Crippen LogP contribution in [0.15, 0.2) is 30.5 Å². The number of rotatable bonds is 4. The van der Waals surface area contributed by atoms with Crippen LogP contribution in [0.4, 0.5) is 17.5 Å².